The lowest BCUT2D eigenvalue weighted by Gasteiger charge is -2.07. The molecule has 0 saturated carbocycles. The van der Waals surface area contributed by atoms with Gasteiger partial charge in [0, 0.05) is 25.9 Å². The highest BCUT2D eigenvalue weighted by atomic mass is 32.1. The van der Waals surface area contributed by atoms with Gasteiger partial charge in [0.25, 0.3) is 0 Å². The third-order valence-corrected chi connectivity index (χ3v) is 3.91. The standard InChI is InChI=1S/C16H22N4O2S/c1-3-20-14(18-19-16(20)23)9-10-17-15(21)8-7-12-5-4-6-13(11-12)22-2/h4-6,11H,3,7-10H2,1-2H3,(H,17,21)(H,19,23). The van der Waals surface area contributed by atoms with Gasteiger partial charge in [0.15, 0.2) is 4.77 Å². The van der Waals surface area contributed by atoms with E-state index in [4.69, 9.17) is 17.0 Å². The van der Waals surface area contributed by atoms with E-state index in [0.717, 1.165) is 23.7 Å². The van der Waals surface area contributed by atoms with Crippen LogP contribution in [0.4, 0.5) is 0 Å². The molecule has 2 rings (SSSR count). The van der Waals surface area contributed by atoms with Crippen molar-refractivity contribution in [3.05, 3.63) is 40.4 Å². The van der Waals surface area contributed by atoms with Crippen molar-refractivity contribution in [3.63, 3.8) is 0 Å². The number of hydrogen-bond acceptors (Lipinski definition) is 4. The highest BCUT2D eigenvalue weighted by Gasteiger charge is 2.06. The maximum absolute atomic E-state index is 11.9. The Bertz CT molecular complexity index is 708. The molecule has 0 atom stereocenters. The van der Waals surface area contributed by atoms with Gasteiger partial charge in [-0.1, -0.05) is 12.1 Å². The van der Waals surface area contributed by atoms with E-state index in [1.807, 2.05) is 35.8 Å². The number of ether oxygens (including phenoxy) is 1. The summed E-state index contributed by atoms with van der Waals surface area (Å²) in [5.74, 6) is 1.71. The molecule has 0 unspecified atom stereocenters. The SMILES string of the molecule is CCn1c(CCNC(=O)CCc2cccc(OC)c2)n[nH]c1=S. The quantitative estimate of drug-likeness (QED) is 0.727. The summed E-state index contributed by atoms with van der Waals surface area (Å²) in [6.45, 7) is 3.34. The molecule has 0 aliphatic rings. The van der Waals surface area contributed by atoms with Gasteiger partial charge >= 0.3 is 0 Å². The van der Waals surface area contributed by atoms with Gasteiger partial charge in [-0.2, -0.15) is 5.10 Å². The molecule has 23 heavy (non-hydrogen) atoms. The molecule has 1 aromatic heterocycles. The molecular weight excluding hydrogens is 312 g/mol. The molecule has 0 saturated heterocycles. The van der Waals surface area contributed by atoms with Crippen LogP contribution in [-0.4, -0.2) is 34.3 Å². The number of amides is 1. The van der Waals surface area contributed by atoms with Crippen LogP contribution in [0.25, 0.3) is 0 Å². The van der Waals surface area contributed by atoms with Crippen LogP contribution >= 0.6 is 12.2 Å². The Morgan fingerprint density at radius 3 is 3.00 bits per heavy atom. The zero-order chi connectivity index (χ0) is 16.7. The second kappa shape index (κ2) is 8.47. The molecule has 0 spiro atoms. The van der Waals surface area contributed by atoms with Crippen LogP contribution in [0.3, 0.4) is 0 Å². The molecule has 0 aliphatic carbocycles. The maximum Gasteiger partial charge on any atom is 0.220 e. The Balaban J connectivity index is 1.75. The average molecular weight is 334 g/mol. The fourth-order valence-corrected chi connectivity index (χ4v) is 2.64. The van der Waals surface area contributed by atoms with E-state index < -0.39 is 0 Å². The zero-order valence-electron chi connectivity index (χ0n) is 13.5. The van der Waals surface area contributed by atoms with Gasteiger partial charge in [0.05, 0.1) is 7.11 Å². The summed E-state index contributed by atoms with van der Waals surface area (Å²) in [5, 5.41) is 9.87. The first-order chi connectivity index (χ1) is 11.1. The molecule has 0 radical (unpaired) electrons. The van der Waals surface area contributed by atoms with Gasteiger partial charge in [-0.05, 0) is 43.3 Å². The van der Waals surface area contributed by atoms with Crippen LogP contribution in [0.2, 0.25) is 0 Å². The van der Waals surface area contributed by atoms with E-state index in [1.165, 1.54) is 0 Å². The predicted octanol–water partition coefficient (Wildman–Crippen LogP) is 2.26. The lowest BCUT2D eigenvalue weighted by atomic mass is 10.1. The summed E-state index contributed by atoms with van der Waals surface area (Å²) >= 11 is 5.14. The van der Waals surface area contributed by atoms with E-state index >= 15 is 0 Å². The summed E-state index contributed by atoms with van der Waals surface area (Å²) in [4.78, 5) is 11.9. The lowest BCUT2D eigenvalue weighted by molar-refractivity contribution is -0.121. The fourth-order valence-electron chi connectivity index (χ4n) is 2.36. The third kappa shape index (κ3) is 4.92. The van der Waals surface area contributed by atoms with Gasteiger partial charge in [-0.3, -0.25) is 9.89 Å². The molecule has 1 heterocycles. The highest BCUT2D eigenvalue weighted by molar-refractivity contribution is 7.71. The monoisotopic (exact) mass is 334 g/mol. The van der Waals surface area contributed by atoms with Crippen LogP contribution < -0.4 is 10.1 Å². The van der Waals surface area contributed by atoms with Gasteiger partial charge in [-0.15, -0.1) is 0 Å². The number of aromatic amines is 1. The molecule has 6 nitrogen and oxygen atoms in total. The largest absolute Gasteiger partial charge is 0.497 e. The van der Waals surface area contributed by atoms with E-state index in [9.17, 15) is 4.79 Å². The van der Waals surface area contributed by atoms with E-state index in [1.54, 1.807) is 7.11 Å². The first-order valence-corrected chi connectivity index (χ1v) is 8.08. The molecule has 1 amide bonds. The van der Waals surface area contributed by atoms with E-state index in [-0.39, 0.29) is 5.91 Å². The molecule has 0 aliphatic heterocycles. The summed E-state index contributed by atoms with van der Waals surface area (Å²) < 4.78 is 7.72. The van der Waals surface area contributed by atoms with E-state index in [2.05, 4.69) is 15.5 Å². The van der Waals surface area contributed by atoms with Crippen molar-refractivity contribution < 1.29 is 9.53 Å². The number of H-pyrrole nitrogens is 1. The topological polar surface area (TPSA) is 71.9 Å². The molecule has 1 aromatic carbocycles. The Morgan fingerprint density at radius 2 is 2.26 bits per heavy atom. The summed E-state index contributed by atoms with van der Waals surface area (Å²) in [7, 11) is 1.64. The Morgan fingerprint density at radius 1 is 1.43 bits per heavy atom. The van der Waals surface area contributed by atoms with Gasteiger partial charge in [0.2, 0.25) is 5.91 Å². The highest BCUT2D eigenvalue weighted by Crippen LogP contribution is 2.13. The third-order valence-electron chi connectivity index (χ3n) is 3.60. The first kappa shape index (κ1) is 17.2. The van der Waals surface area contributed by atoms with Crippen LogP contribution in [0.1, 0.15) is 24.7 Å². The second-order valence-electron chi connectivity index (χ2n) is 5.14. The molecule has 0 bridgehead atoms. The molecule has 7 heteroatoms. The van der Waals surface area contributed by atoms with Gasteiger partial charge in [-0.25, -0.2) is 0 Å². The predicted molar refractivity (Wildman–Crippen MR) is 91.1 cm³/mol. The molecule has 2 aromatic rings. The molecule has 124 valence electrons. The summed E-state index contributed by atoms with van der Waals surface area (Å²) in [6.07, 6.45) is 1.80. The zero-order valence-corrected chi connectivity index (χ0v) is 14.3. The van der Waals surface area contributed by atoms with Crippen molar-refractivity contribution in [1.29, 1.82) is 0 Å². The van der Waals surface area contributed by atoms with Crippen LogP contribution in [0, 0.1) is 4.77 Å². The molecule has 2 N–H and O–H groups in total. The Kier molecular flexibility index (Phi) is 6.34. The number of hydrogen-bond donors (Lipinski definition) is 2. The number of nitrogens with one attached hydrogen (secondary N) is 2. The van der Waals surface area contributed by atoms with Gasteiger partial charge in [0.1, 0.15) is 11.6 Å². The number of carbonyl (C=O) groups excluding carboxylic acids is 1. The number of rotatable bonds is 8. The second-order valence-corrected chi connectivity index (χ2v) is 5.53. The number of carbonyl (C=O) groups is 1. The minimum atomic E-state index is 0.0324. The minimum Gasteiger partial charge on any atom is -0.497 e. The first-order valence-electron chi connectivity index (χ1n) is 7.67. The minimum absolute atomic E-state index is 0.0324. The average Bonchev–Trinajstić information content (AvgIpc) is 2.93. The van der Waals surface area contributed by atoms with Gasteiger partial charge < -0.3 is 14.6 Å². The smallest absolute Gasteiger partial charge is 0.220 e. The van der Waals surface area contributed by atoms with Crippen LogP contribution in [0.15, 0.2) is 24.3 Å². The van der Waals surface area contributed by atoms with E-state index in [0.29, 0.717) is 30.6 Å². The van der Waals surface area contributed by atoms with Crippen molar-refractivity contribution in [1.82, 2.24) is 20.1 Å². The number of nitrogens with zero attached hydrogens (tertiary/aromatic N) is 2. The molecular formula is C16H22N4O2S. The Labute approximate surface area is 140 Å². The summed E-state index contributed by atoms with van der Waals surface area (Å²) in [6, 6.07) is 7.77. The number of benzene rings is 1. The van der Waals surface area contributed by atoms with Crippen molar-refractivity contribution in [2.75, 3.05) is 13.7 Å². The normalized spacial score (nSPS) is 10.5. The number of methoxy groups -OCH3 is 1. The van der Waals surface area contributed by atoms with Crippen LogP contribution in [0.5, 0.6) is 5.75 Å². The van der Waals surface area contributed by atoms with Crippen molar-refractivity contribution >= 4 is 18.1 Å². The maximum atomic E-state index is 11.9. The fraction of sp³-hybridized carbons (Fsp3) is 0.438. The summed E-state index contributed by atoms with van der Waals surface area (Å²) in [5.41, 5.74) is 1.09. The number of aromatic nitrogens is 3. The van der Waals surface area contributed by atoms with Crippen molar-refractivity contribution in [2.45, 2.75) is 32.7 Å². The molecule has 0 fully saturated rings. The Hall–Kier alpha value is -2.15. The van der Waals surface area contributed by atoms with Crippen LogP contribution in [-0.2, 0) is 24.2 Å². The van der Waals surface area contributed by atoms with Crippen molar-refractivity contribution in [2.24, 2.45) is 0 Å². The number of aryl methyl sites for hydroxylation is 1. The van der Waals surface area contributed by atoms with Crippen molar-refractivity contribution in [3.8, 4) is 5.75 Å². The lowest BCUT2D eigenvalue weighted by Crippen LogP contribution is -2.26.